The van der Waals surface area contributed by atoms with Crippen LogP contribution in [0.4, 0.5) is 4.39 Å². The van der Waals surface area contributed by atoms with Crippen molar-refractivity contribution in [2.75, 3.05) is 0 Å². The molecular weight excluding hydrogens is 292 g/mol. The van der Waals surface area contributed by atoms with E-state index in [1.807, 2.05) is 12.3 Å². The molecule has 1 nitrogen and oxygen atoms in total. The quantitative estimate of drug-likeness (QED) is 0.842. The maximum atomic E-state index is 13.4. The summed E-state index contributed by atoms with van der Waals surface area (Å²) in [5.74, 6) is -0.329. The normalized spacial score (nSPS) is 12.8. The van der Waals surface area contributed by atoms with Crippen molar-refractivity contribution in [3.63, 3.8) is 0 Å². The van der Waals surface area contributed by atoms with Crippen molar-refractivity contribution < 1.29 is 4.39 Å². The minimum absolute atomic E-state index is 0.327. The van der Waals surface area contributed by atoms with Gasteiger partial charge in [-0.1, -0.05) is 23.2 Å². The molecule has 18 heavy (non-hydrogen) atoms. The van der Waals surface area contributed by atoms with E-state index < -0.39 is 6.04 Å². The van der Waals surface area contributed by atoms with Crippen LogP contribution in [-0.4, -0.2) is 0 Å². The molecule has 0 saturated carbocycles. The summed E-state index contributed by atoms with van der Waals surface area (Å²) in [6.07, 6.45) is 0. The molecule has 0 saturated heterocycles. The van der Waals surface area contributed by atoms with Crippen LogP contribution in [0.3, 0.4) is 0 Å². The molecule has 1 heterocycles. The van der Waals surface area contributed by atoms with E-state index in [1.54, 1.807) is 13.0 Å². The monoisotopic (exact) mass is 303 g/mol. The van der Waals surface area contributed by atoms with Crippen molar-refractivity contribution in [2.24, 2.45) is 5.73 Å². The highest BCUT2D eigenvalue weighted by atomic mass is 35.5. The van der Waals surface area contributed by atoms with E-state index in [9.17, 15) is 4.39 Å². The van der Waals surface area contributed by atoms with Crippen molar-refractivity contribution in [3.8, 4) is 0 Å². The molecule has 1 unspecified atom stereocenters. The maximum Gasteiger partial charge on any atom is 0.127 e. The Balaban J connectivity index is 2.49. The number of benzene rings is 1. The first-order valence-electron chi connectivity index (χ1n) is 5.36. The van der Waals surface area contributed by atoms with E-state index in [-0.39, 0.29) is 5.82 Å². The number of hydrogen-bond donors (Lipinski definition) is 1. The first-order valence-corrected chi connectivity index (χ1v) is 7.00. The summed E-state index contributed by atoms with van der Waals surface area (Å²) >= 11 is 13.7. The summed E-state index contributed by atoms with van der Waals surface area (Å²) in [7, 11) is 0. The van der Waals surface area contributed by atoms with Crippen molar-refractivity contribution in [3.05, 3.63) is 54.9 Å². The van der Waals surface area contributed by atoms with Gasteiger partial charge >= 0.3 is 0 Å². The van der Waals surface area contributed by atoms with Gasteiger partial charge in [0.2, 0.25) is 0 Å². The third kappa shape index (κ3) is 2.41. The number of hydrogen-bond acceptors (Lipinski definition) is 2. The summed E-state index contributed by atoms with van der Waals surface area (Å²) < 4.78 is 13.4. The summed E-state index contributed by atoms with van der Waals surface area (Å²) in [5.41, 5.74) is 8.37. The lowest BCUT2D eigenvalue weighted by Gasteiger charge is -2.14. The largest absolute Gasteiger partial charge is 0.320 e. The Kier molecular flexibility index (Phi) is 3.97. The molecule has 1 atom stereocenters. The average molecular weight is 304 g/mol. The van der Waals surface area contributed by atoms with E-state index in [2.05, 4.69) is 0 Å². The SMILES string of the molecule is Cc1cc(C(N)c2scc(C)c2Cl)c(Cl)cc1F. The van der Waals surface area contributed by atoms with Crippen LogP contribution in [0.1, 0.15) is 27.6 Å². The van der Waals surface area contributed by atoms with Gasteiger partial charge in [-0.2, -0.15) is 0 Å². The Hall–Kier alpha value is -0.610. The number of halogens is 3. The Morgan fingerprint density at radius 3 is 2.44 bits per heavy atom. The predicted molar refractivity (Wildman–Crippen MR) is 76.2 cm³/mol. The molecule has 0 amide bonds. The number of aryl methyl sites for hydroxylation is 2. The van der Waals surface area contributed by atoms with E-state index in [0.717, 1.165) is 10.4 Å². The van der Waals surface area contributed by atoms with E-state index in [0.29, 0.717) is 21.2 Å². The first kappa shape index (κ1) is 13.8. The third-order valence-electron chi connectivity index (χ3n) is 2.82. The molecule has 5 heteroatoms. The second kappa shape index (κ2) is 5.17. The fourth-order valence-electron chi connectivity index (χ4n) is 1.72. The van der Waals surface area contributed by atoms with Crippen LogP contribution in [0.2, 0.25) is 10.0 Å². The zero-order valence-corrected chi connectivity index (χ0v) is 12.3. The highest BCUT2D eigenvalue weighted by molar-refractivity contribution is 7.10. The topological polar surface area (TPSA) is 26.0 Å². The number of nitrogens with two attached hydrogens (primary N) is 1. The van der Waals surface area contributed by atoms with Gasteiger partial charge in [0, 0.05) is 9.90 Å². The van der Waals surface area contributed by atoms with E-state index in [4.69, 9.17) is 28.9 Å². The summed E-state index contributed by atoms with van der Waals surface area (Å²) in [6, 6.07) is 2.54. The van der Waals surface area contributed by atoms with Gasteiger partial charge in [-0.05, 0) is 48.1 Å². The molecule has 0 aliphatic carbocycles. The molecule has 1 aromatic heterocycles. The van der Waals surface area contributed by atoms with Gasteiger partial charge < -0.3 is 5.73 Å². The molecule has 2 rings (SSSR count). The minimum Gasteiger partial charge on any atom is -0.320 e. The van der Waals surface area contributed by atoms with Crippen LogP contribution in [0, 0.1) is 19.7 Å². The molecule has 0 radical (unpaired) electrons. The fraction of sp³-hybridized carbons (Fsp3) is 0.231. The lowest BCUT2D eigenvalue weighted by molar-refractivity contribution is 0.617. The van der Waals surface area contributed by atoms with Gasteiger partial charge in [0.25, 0.3) is 0 Å². The van der Waals surface area contributed by atoms with Gasteiger partial charge in [0.1, 0.15) is 5.82 Å². The summed E-state index contributed by atoms with van der Waals surface area (Å²) in [6.45, 7) is 3.61. The fourth-order valence-corrected chi connectivity index (χ4v) is 3.32. The number of rotatable bonds is 2. The minimum atomic E-state index is -0.428. The molecule has 0 fully saturated rings. The van der Waals surface area contributed by atoms with Crippen LogP contribution in [0.25, 0.3) is 0 Å². The van der Waals surface area contributed by atoms with Gasteiger partial charge in [0.15, 0.2) is 0 Å². The van der Waals surface area contributed by atoms with Crippen LogP contribution < -0.4 is 5.73 Å². The third-order valence-corrected chi connectivity index (χ3v) is 4.95. The molecule has 1 aromatic carbocycles. The second-order valence-corrected chi connectivity index (χ2v) is 5.89. The molecule has 0 aliphatic heterocycles. The summed E-state index contributed by atoms with van der Waals surface area (Å²) in [4.78, 5) is 0.849. The molecule has 2 N–H and O–H groups in total. The lowest BCUT2D eigenvalue weighted by atomic mass is 10.0. The molecule has 2 aromatic rings. The number of thiophene rings is 1. The first-order chi connectivity index (χ1) is 8.41. The summed E-state index contributed by atoms with van der Waals surface area (Å²) in [5, 5.41) is 2.93. The Morgan fingerprint density at radius 1 is 1.22 bits per heavy atom. The van der Waals surface area contributed by atoms with Crippen molar-refractivity contribution in [2.45, 2.75) is 19.9 Å². The van der Waals surface area contributed by atoms with E-state index in [1.165, 1.54) is 17.4 Å². The van der Waals surface area contributed by atoms with Crippen LogP contribution in [-0.2, 0) is 0 Å². The van der Waals surface area contributed by atoms with E-state index >= 15 is 0 Å². The molecule has 96 valence electrons. The Morgan fingerprint density at radius 2 is 1.89 bits per heavy atom. The van der Waals surface area contributed by atoms with Crippen molar-refractivity contribution in [1.29, 1.82) is 0 Å². The molecule has 0 spiro atoms. The Labute approximate surface area is 119 Å². The second-order valence-electron chi connectivity index (χ2n) is 4.20. The molecular formula is C13H12Cl2FNS. The lowest BCUT2D eigenvalue weighted by Crippen LogP contribution is -2.12. The van der Waals surface area contributed by atoms with Crippen LogP contribution in [0.5, 0.6) is 0 Å². The van der Waals surface area contributed by atoms with Gasteiger partial charge in [0.05, 0.1) is 11.1 Å². The van der Waals surface area contributed by atoms with Crippen molar-refractivity contribution >= 4 is 34.5 Å². The highest BCUT2D eigenvalue weighted by Crippen LogP contribution is 2.37. The van der Waals surface area contributed by atoms with Crippen molar-refractivity contribution in [1.82, 2.24) is 0 Å². The highest BCUT2D eigenvalue weighted by Gasteiger charge is 2.19. The van der Waals surface area contributed by atoms with Crippen LogP contribution >= 0.6 is 34.5 Å². The maximum absolute atomic E-state index is 13.4. The van der Waals surface area contributed by atoms with Gasteiger partial charge in [-0.15, -0.1) is 11.3 Å². The standard InChI is InChI=1S/C13H12Cl2FNS/c1-6-3-8(9(14)4-10(6)16)12(17)13-11(15)7(2)5-18-13/h3-5,12H,17H2,1-2H3. The zero-order chi connectivity index (χ0) is 13.4. The smallest absolute Gasteiger partial charge is 0.127 e. The molecule has 0 bridgehead atoms. The Bertz CT molecular complexity index is 595. The van der Waals surface area contributed by atoms with Gasteiger partial charge in [-0.3, -0.25) is 0 Å². The molecule has 0 aliphatic rings. The van der Waals surface area contributed by atoms with Gasteiger partial charge in [-0.25, -0.2) is 4.39 Å². The van der Waals surface area contributed by atoms with Crippen LogP contribution in [0.15, 0.2) is 17.5 Å². The average Bonchev–Trinajstić information content (AvgIpc) is 2.64. The predicted octanol–water partition coefficient (Wildman–Crippen LogP) is 4.86. The zero-order valence-electron chi connectivity index (χ0n) is 9.93.